The molecule has 0 spiro atoms. The number of hydrogen-bond acceptors (Lipinski definition) is 6. The second-order valence-corrected chi connectivity index (χ2v) is 8.37. The van der Waals surface area contributed by atoms with Crippen LogP contribution in [0.2, 0.25) is 0 Å². The van der Waals surface area contributed by atoms with E-state index >= 15 is 0 Å². The van der Waals surface area contributed by atoms with E-state index < -0.39 is 0 Å². The highest BCUT2D eigenvalue weighted by molar-refractivity contribution is 5.91. The van der Waals surface area contributed by atoms with E-state index in [2.05, 4.69) is 39.9 Å². The second kappa shape index (κ2) is 9.37. The SMILES string of the molecule is COc1ccc2cc3[n+](cc2c1OCCN1CCOCC1)CCc1cc2c(cc1-3)OCO2.[Br-]. The van der Waals surface area contributed by atoms with Gasteiger partial charge in [0.25, 0.3) is 0 Å². The quantitative estimate of drug-likeness (QED) is 0.439. The van der Waals surface area contributed by atoms with Gasteiger partial charge in [0.1, 0.15) is 6.61 Å². The fourth-order valence-corrected chi connectivity index (χ4v) is 4.81. The molecule has 0 amide bonds. The van der Waals surface area contributed by atoms with E-state index in [0.29, 0.717) is 13.4 Å². The lowest BCUT2D eigenvalue weighted by Crippen LogP contribution is -3.00. The van der Waals surface area contributed by atoms with Crippen LogP contribution in [-0.4, -0.2) is 58.3 Å². The van der Waals surface area contributed by atoms with E-state index in [9.17, 15) is 0 Å². The van der Waals surface area contributed by atoms with Crippen molar-refractivity contribution in [2.45, 2.75) is 13.0 Å². The zero-order valence-corrected chi connectivity index (χ0v) is 20.2. The first kappa shape index (κ1) is 22.3. The van der Waals surface area contributed by atoms with Gasteiger partial charge in [-0.1, -0.05) is 0 Å². The van der Waals surface area contributed by atoms with E-state index in [1.54, 1.807) is 7.11 Å². The lowest BCUT2D eigenvalue weighted by Gasteiger charge is -2.26. The number of benzene rings is 2. The number of pyridine rings is 1. The maximum absolute atomic E-state index is 6.31. The Bertz CT molecular complexity index is 1180. The van der Waals surface area contributed by atoms with Gasteiger partial charge in [0, 0.05) is 32.1 Å². The number of morpholine rings is 1. The first-order valence-corrected chi connectivity index (χ1v) is 11.2. The minimum atomic E-state index is 0. The number of ether oxygens (including phenoxy) is 5. The van der Waals surface area contributed by atoms with Gasteiger partial charge >= 0.3 is 0 Å². The average Bonchev–Trinajstić information content (AvgIpc) is 3.30. The average molecular weight is 515 g/mol. The predicted molar refractivity (Wildman–Crippen MR) is 119 cm³/mol. The molecule has 6 rings (SSSR count). The minimum Gasteiger partial charge on any atom is -1.00 e. The molecule has 3 aliphatic heterocycles. The standard InChI is InChI=1S/C25H27N2O5.BrH/c1-28-22-3-2-17-12-21-19-14-24-23(31-16-32-24)13-18(19)4-5-27(21)15-20(17)25(22)30-11-8-26-6-9-29-10-7-26;/h2-3,12-15H,4-11,16H2,1H3;1H/q+1;/p-1. The van der Waals surface area contributed by atoms with Crippen LogP contribution >= 0.6 is 0 Å². The lowest BCUT2D eigenvalue weighted by molar-refractivity contribution is -0.686. The van der Waals surface area contributed by atoms with Crippen molar-refractivity contribution < 1.29 is 45.2 Å². The highest BCUT2D eigenvalue weighted by Gasteiger charge is 2.28. The van der Waals surface area contributed by atoms with Crippen molar-refractivity contribution >= 4 is 10.8 Å². The molecular formula is C25H27BrN2O5. The summed E-state index contributed by atoms with van der Waals surface area (Å²) in [4.78, 5) is 2.37. The van der Waals surface area contributed by atoms with Crippen molar-refractivity contribution in [3.05, 3.63) is 42.1 Å². The molecule has 7 nitrogen and oxygen atoms in total. The van der Waals surface area contributed by atoms with Gasteiger partial charge in [0.2, 0.25) is 12.5 Å². The Kier molecular flexibility index (Phi) is 6.32. The molecule has 0 atom stereocenters. The summed E-state index contributed by atoms with van der Waals surface area (Å²) in [7, 11) is 1.69. The fraction of sp³-hybridized carbons (Fsp3) is 0.400. The predicted octanol–water partition coefficient (Wildman–Crippen LogP) is -0.197. The third-order valence-corrected chi connectivity index (χ3v) is 6.55. The zero-order valence-electron chi connectivity index (χ0n) is 18.6. The molecular weight excluding hydrogens is 488 g/mol. The van der Waals surface area contributed by atoms with Crippen LogP contribution in [0.4, 0.5) is 0 Å². The van der Waals surface area contributed by atoms with Crippen molar-refractivity contribution in [3.63, 3.8) is 0 Å². The van der Waals surface area contributed by atoms with Crippen molar-refractivity contribution in [1.29, 1.82) is 0 Å². The van der Waals surface area contributed by atoms with E-state index in [0.717, 1.165) is 79.6 Å². The first-order valence-electron chi connectivity index (χ1n) is 11.2. The molecule has 4 heterocycles. The smallest absolute Gasteiger partial charge is 0.231 e. The molecule has 0 radical (unpaired) electrons. The van der Waals surface area contributed by atoms with E-state index in [4.69, 9.17) is 23.7 Å². The maximum Gasteiger partial charge on any atom is 0.231 e. The molecule has 0 unspecified atom stereocenters. The normalized spacial score (nSPS) is 16.6. The Balaban J connectivity index is 0.00000228. The summed E-state index contributed by atoms with van der Waals surface area (Å²) in [5, 5.41) is 2.20. The summed E-state index contributed by atoms with van der Waals surface area (Å²) in [5.74, 6) is 3.24. The van der Waals surface area contributed by atoms with Crippen LogP contribution < -0.4 is 40.5 Å². The number of halogens is 1. The van der Waals surface area contributed by atoms with E-state index in [-0.39, 0.29) is 17.0 Å². The molecule has 33 heavy (non-hydrogen) atoms. The molecule has 2 aromatic carbocycles. The van der Waals surface area contributed by atoms with Crippen LogP contribution in [0.25, 0.3) is 22.0 Å². The van der Waals surface area contributed by atoms with Gasteiger partial charge in [0.15, 0.2) is 35.7 Å². The number of aryl methyl sites for hydroxylation is 2. The van der Waals surface area contributed by atoms with E-state index in [1.807, 2.05) is 6.07 Å². The number of fused-ring (bicyclic) bond motifs is 5. The molecule has 1 aromatic heterocycles. The Hall–Kier alpha value is -2.55. The maximum atomic E-state index is 6.31. The lowest BCUT2D eigenvalue weighted by atomic mass is 9.95. The summed E-state index contributed by atoms with van der Waals surface area (Å²) in [5.41, 5.74) is 3.68. The Morgan fingerprint density at radius 1 is 1.06 bits per heavy atom. The van der Waals surface area contributed by atoms with Gasteiger partial charge in [-0.3, -0.25) is 4.90 Å². The third-order valence-electron chi connectivity index (χ3n) is 6.55. The number of rotatable bonds is 5. The van der Waals surface area contributed by atoms with Crippen LogP contribution in [0.1, 0.15) is 5.56 Å². The van der Waals surface area contributed by atoms with Crippen LogP contribution in [0, 0.1) is 0 Å². The summed E-state index contributed by atoms with van der Waals surface area (Å²) in [6, 6.07) is 10.6. The number of hydrogen-bond donors (Lipinski definition) is 0. The molecule has 0 saturated carbocycles. The molecule has 0 aliphatic carbocycles. The number of methoxy groups -OCH3 is 1. The van der Waals surface area contributed by atoms with Gasteiger partial charge in [0.05, 0.1) is 31.3 Å². The Morgan fingerprint density at radius 2 is 1.88 bits per heavy atom. The monoisotopic (exact) mass is 514 g/mol. The molecule has 1 saturated heterocycles. The number of aromatic nitrogens is 1. The second-order valence-electron chi connectivity index (χ2n) is 8.37. The Labute approximate surface area is 203 Å². The van der Waals surface area contributed by atoms with Gasteiger partial charge in [-0.25, -0.2) is 0 Å². The van der Waals surface area contributed by atoms with Crippen LogP contribution in [0.3, 0.4) is 0 Å². The highest BCUT2D eigenvalue weighted by atomic mass is 79.9. The van der Waals surface area contributed by atoms with Gasteiger partial charge < -0.3 is 40.7 Å². The number of nitrogens with zero attached hydrogens (tertiary/aromatic N) is 2. The molecule has 174 valence electrons. The first-order chi connectivity index (χ1) is 15.8. The van der Waals surface area contributed by atoms with E-state index in [1.165, 1.54) is 16.8 Å². The van der Waals surface area contributed by atoms with Crippen LogP contribution in [0.5, 0.6) is 23.0 Å². The third kappa shape index (κ3) is 4.11. The van der Waals surface area contributed by atoms with Gasteiger partial charge in [-0.2, -0.15) is 4.57 Å². The molecule has 1 fully saturated rings. The van der Waals surface area contributed by atoms with Crippen molar-refractivity contribution in [3.8, 4) is 34.3 Å². The summed E-state index contributed by atoms with van der Waals surface area (Å²) >= 11 is 0. The van der Waals surface area contributed by atoms with Crippen molar-refractivity contribution in [1.82, 2.24) is 4.90 Å². The zero-order chi connectivity index (χ0) is 21.5. The highest BCUT2D eigenvalue weighted by Crippen LogP contribution is 2.41. The minimum absolute atomic E-state index is 0. The molecule has 3 aliphatic rings. The van der Waals surface area contributed by atoms with Crippen molar-refractivity contribution in [2.24, 2.45) is 0 Å². The summed E-state index contributed by atoms with van der Waals surface area (Å²) in [6.45, 7) is 6.19. The van der Waals surface area contributed by atoms with Crippen LogP contribution in [0.15, 0.2) is 36.5 Å². The van der Waals surface area contributed by atoms with Crippen LogP contribution in [-0.2, 0) is 17.7 Å². The summed E-state index contributed by atoms with van der Waals surface area (Å²) < 4.78 is 30.9. The fourth-order valence-electron chi connectivity index (χ4n) is 4.81. The topological polar surface area (TPSA) is 53.3 Å². The summed E-state index contributed by atoms with van der Waals surface area (Å²) in [6.07, 6.45) is 3.15. The largest absolute Gasteiger partial charge is 1.00 e. The van der Waals surface area contributed by atoms with Crippen molar-refractivity contribution in [2.75, 3.05) is 53.4 Å². The van der Waals surface area contributed by atoms with Gasteiger partial charge in [-0.05, 0) is 35.2 Å². The molecule has 0 N–H and O–H groups in total. The molecule has 3 aromatic rings. The Morgan fingerprint density at radius 3 is 2.70 bits per heavy atom. The van der Waals surface area contributed by atoms with Gasteiger partial charge in [-0.15, -0.1) is 0 Å². The molecule has 0 bridgehead atoms. The molecule has 8 heteroatoms.